The second-order valence-electron chi connectivity index (χ2n) is 4.33. The lowest BCUT2D eigenvalue weighted by atomic mass is 10.2. The highest BCUT2D eigenvalue weighted by atomic mass is 19.1. The van der Waals surface area contributed by atoms with E-state index in [1.165, 1.54) is 12.1 Å². The molecule has 0 unspecified atom stereocenters. The maximum absolute atomic E-state index is 13.3. The number of rotatable bonds is 3. The molecule has 0 aliphatic heterocycles. The topological polar surface area (TPSA) is 78.5 Å². The normalized spacial score (nSPS) is 10.8. The Morgan fingerprint density at radius 1 is 1.25 bits per heavy atom. The molecule has 1 aromatic carbocycles. The molecule has 0 aliphatic carbocycles. The lowest BCUT2D eigenvalue weighted by molar-refractivity contribution is 0.628. The van der Waals surface area contributed by atoms with Gasteiger partial charge < -0.3 is 15.6 Å². The van der Waals surface area contributed by atoms with Crippen molar-refractivity contribution in [3.8, 4) is 0 Å². The van der Waals surface area contributed by atoms with Crippen molar-refractivity contribution in [3.63, 3.8) is 0 Å². The van der Waals surface area contributed by atoms with Crippen LogP contribution in [0.3, 0.4) is 0 Å². The Labute approximate surface area is 114 Å². The molecule has 102 valence electrons. The van der Waals surface area contributed by atoms with Gasteiger partial charge in [0.05, 0.1) is 6.33 Å². The maximum Gasteiger partial charge on any atom is 0.226 e. The molecule has 7 heteroatoms. The first-order valence-corrected chi connectivity index (χ1v) is 6.09. The summed E-state index contributed by atoms with van der Waals surface area (Å²) < 4.78 is 13.3. The Hall–Kier alpha value is -2.70. The molecule has 0 saturated carbocycles. The van der Waals surface area contributed by atoms with Crippen LogP contribution in [0, 0.1) is 12.7 Å². The van der Waals surface area contributed by atoms with E-state index in [0.717, 1.165) is 5.56 Å². The molecule has 2 aromatic heterocycles. The van der Waals surface area contributed by atoms with Crippen molar-refractivity contribution in [3.05, 3.63) is 35.9 Å². The number of aromatic nitrogens is 4. The molecule has 0 bridgehead atoms. The van der Waals surface area contributed by atoms with E-state index >= 15 is 0 Å². The second kappa shape index (κ2) is 4.76. The van der Waals surface area contributed by atoms with E-state index in [0.29, 0.717) is 28.6 Å². The van der Waals surface area contributed by atoms with Crippen molar-refractivity contribution in [2.45, 2.75) is 6.92 Å². The Morgan fingerprint density at radius 3 is 2.90 bits per heavy atom. The van der Waals surface area contributed by atoms with Crippen molar-refractivity contribution in [1.82, 2.24) is 19.9 Å². The van der Waals surface area contributed by atoms with Gasteiger partial charge in [-0.05, 0) is 24.6 Å². The summed E-state index contributed by atoms with van der Waals surface area (Å²) >= 11 is 0. The Kier molecular flexibility index (Phi) is 2.94. The Morgan fingerprint density at radius 2 is 2.10 bits per heavy atom. The van der Waals surface area contributed by atoms with Gasteiger partial charge in [-0.15, -0.1) is 0 Å². The number of fused-ring (bicyclic) bond motifs is 1. The summed E-state index contributed by atoms with van der Waals surface area (Å²) in [7, 11) is 1.73. The number of H-pyrrole nitrogens is 1. The van der Waals surface area contributed by atoms with Crippen molar-refractivity contribution < 1.29 is 4.39 Å². The molecule has 3 rings (SSSR count). The number of aromatic amines is 1. The van der Waals surface area contributed by atoms with Gasteiger partial charge in [-0.2, -0.15) is 9.97 Å². The number of imidazole rings is 1. The van der Waals surface area contributed by atoms with Gasteiger partial charge in [0.1, 0.15) is 11.3 Å². The van der Waals surface area contributed by atoms with Crippen LogP contribution in [0.15, 0.2) is 24.5 Å². The Balaban J connectivity index is 2.09. The average molecular weight is 272 g/mol. The number of aryl methyl sites for hydroxylation is 1. The highest BCUT2D eigenvalue weighted by molar-refractivity contribution is 5.86. The number of hydrogen-bond acceptors (Lipinski definition) is 5. The first-order chi connectivity index (χ1) is 9.67. The number of anilines is 3. The van der Waals surface area contributed by atoms with E-state index in [-0.39, 0.29) is 5.82 Å². The fourth-order valence-corrected chi connectivity index (χ4v) is 1.89. The monoisotopic (exact) mass is 272 g/mol. The van der Waals surface area contributed by atoms with Crippen LogP contribution in [0.1, 0.15) is 5.56 Å². The molecule has 2 heterocycles. The molecular formula is C13H13FN6. The Bertz CT molecular complexity index is 767. The van der Waals surface area contributed by atoms with E-state index in [1.54, 1.807) is 19.4 Å². The molecule has 0 fully saturated rings. The molecule has 0 amide bonds. The van der Waals surface area contributed by atoms with Crippen molar-refractivity contribution in [2.24, 2.45) is 0 Å². The van der Waals surface area contributed by atoms with Gasteiger partial charge in [-0.3, -0.25) is 0 Å². The van der Waals surface area contributed by atoms with Gasteiger partial charge in [0.15, 0.2) is 11.5 Å². The first-order valence-electron chi connectivity index (χ1n) is 6.09. The summed E-state index contributed by atoms with van der Waals surface area (Å²) in [5.41, 5.74) is 2.79. The van der Waals surface area contributed by atoms with Crippen LogP contribution in [0.4, 0.5) is 21.8 Å². The van der Waals surface area contributed by atoms with Crippen LogP contribution >= 0.6 is 0 Å². The lowest BCUT2D eigenvalue weighted by Crippen LogP contribution is -2.03. The molecule has 6 nitrogen and oxygen atoms in total. The molecule has 0 aliphatic rings. The van der Waals surface area contributed by atoms with Gasteiger partial charge in [0.25, 0.3) is 0 Å². The number of nitrogens with one attached hydrogen (secondary N) is 3. The predicted molar refractivity (Wildman–Crippen MR) is 75.7 cm³/mol. The van der Waals surface area contributed by atoms with Crippen molar-refractivity contribution in [1.29, 1.82) is 0 Å². The largest absolute Gasteiger partial charge is 0.357 e. The third kappa shape index (κ3) is 2.13. The zero-order valence-electron chi connectivity index (χ0n) is 11.0. The smallest absolute Gasteiger partial charge is 0.226 e. The zero-order chi connectivity index (χ0) is 14.1. The summed E-state index contributed by atoms with van der Waals surface area (Å²) in [6.45, 7) is 1.89. The van der Waals surface area contributed by atoms with E-state index < -0.39 is 0 Å². The number of benzene rings is 1. The van der Waals surface area contributed by atoms with Crippen LogP contribution < -0.4 is 10.6 Å². The maximum atomic E-state index is 13.3. The molecule has 0 spiro atoms. The van der Waals surface area contributed by atoms with Gasteiger partial charge in [-0.1, -0.05) is 6.07 Å². The summed E-state index contributed by atoms with van der Waals surface area (Å²) in [6.07, 6.45) is 1.54. The molecule has 0 atom stereocenters. The van der Waals surface area contributed by atoms with Crippen LogP contribution in [-0.2, 0) is 0 Å². The third-order valence-corrected chi connectivity index (χ3v) is 2.96. The summed E-state index contributed by atoms with van der Waals surface area (Å²) in [5.74, 6) is 0.688. The SMILES string of the molecule is CNc1nc(Nc2cc(F)ccc2C)c2[nH]cnc2n1. The van der Waals surface area contributed by atoms with E-state index in [4.69, 9.17) is 0 Å². The van der Waals surface area contributed by atoms with Gasteiger partial charge in [0, 0.05) is 12.7 Å². The number of hydrogen-bond donors (Lipinski definition) is 3. The molecule has 20 heavy (non-hydrogen) atoms. The van der Waals surface area contributed by atoms with Crippen LogP contribution in [0.5, 0.6) is 0 Å². The third-order valence-electron chi connectivity index (χ3n) is 2.96. The minimum absolute atomic E-state index is 0.304. The van der Waals surface area contributed by atoms with Crippen molar-refractivity contribution in [2.75, 3.05) is 17.7 Å². The second-order valence-corrected chi connectivity index (χ2v) is 4.33. The first kappa shape index (κ1) is 12.3. The standard InChI is InChI=1S/C13H13FN6/c1-7-3-4-8(14)5-9(7)18-12-10-11(17-6-16-10)19-13(15-2)20-12/h3-6H,1-2H3,(H3,15,16,17,18,19,20). The summed E-state index contributed by atoms with van der Waals surface area (Å²) in [5, 5.41) is 5.99. The molecular weight excluding hydrogens is 259 g/mol. The molecule has 3 aromatic rings. The summed E-state index contributed by atoms with van der Waals surface area (Å²) in [4.78, 5) is 15.6. The average Bonchev–Trinajstić information content (AvgIpc) is 2.91. The van der Waals surface area contributed by atoms with E-state index in [1.807, 2.05) is 6.92 Å². The van der Waals surface area contributed by atoms with Gasteiger partial charge in [-0.25, -0.2) is 9.37 Å². The number of nitrogens with zero attached hydrogens (tertiary/aromatic N) is 3. The molecule has 0 saturated heterocycles. The predicted octanol–water partition coefficient (Wildman–Crippen LogP) is 2.59. The number of halogens is 1. The van der Waals surface area contributed by atoms with Gasteiger partial charge >= 0.3 is 0 Å². The minimum atomic E-state index is -0.304. The van der Waals surface area contributed by atoms with Crippen LogP contribution in [0.25, 0.3) is 11.2 Å². The molecule has 3 N–H and O–H groups in total. The lowest BCUT2D eigenvalue weighted by Gasteiger charge is -2.10. The van der Waals surface area contributed by atoms with E-state index in [9.17, 15) is 4.39 Å². The van der Waals surface area contributed by atoms with Crippen LogP contribution in [0.2, 0.25) is 0 Å². The zero-order valence-corrected chi connectivity index (χ0v) is 11.0. The minimum Gasteiger partial charge on any atom is -0.357 e. The van der Waals surface area contributed by atoms with Crippen molar-refractivity contribution >= 4 is 28.6 Å². The quantitative estimate of drug-likeness (QED) is 0.683. The van der Waals surface area contributed by atoms with Gasteiger partial charge in [0.2, 0.25) is 5.95 Å². The summed E-state index contributed by atoms with van der Waals surface area (Å²) in [6, 6.07) is 4.56. The fraction of sp³-hybridized carbons (Fsp3) is 0.154. The molecule has 0 radical (unpaired) electrons. The highest BCUT2D eigenvalue weighted by Crippen LogP contribution is 2.25. The fourth-order valence-electron chi connectivity index (χ4n) is 1.89. The van der Waals surface area contributed by atoms with E-state index in [2.05, 4.69) is 30.6 Å². The van der Waals surface area contributed by atoms with Crippen LogP contribution in [-0.4, -0.2) is 27.0 Å². The highest BCUT2D eigenvalue weighted by Gasteiger charge is 2.10.